The first-order chi connectivity index (χ1) is 21.7. The van der Waals surface area contributed by atoms with E-state index in [0.29, 0.717) is 30.0 Å². The summed E-state index contributed by atoms with van der Waals surface area (Å²) < 4.78 is 67.0. The summed E-state index contributed by atoms with van der Waals surface area (Å²) >= 11 is 0. The van der Waals surface area contributed by atoms with Gasteiger partial charge in [-0.15, -0.1) is 18.3 Å². The number of nitrogens with one attached hydrogen (secondary N) is 2. The Balaban J connectivity index is 1.48. The average Bonchev–Trinajstić information content (AvgIpc) is 3.29. The van der Waals surface area contributed by atoms with Gasteiger partial charge in [0.25, 0.3) is 0 Å². The van der Waals surface area contributed by atoms with E-state index in [1.807, 2.05) is 6.07 Å². The molecule has 2 aromatic carbocycles. The van der Waals surface area contributed by atoms with Crippen molar-refractivity contribution in [1.29, 1.82) is 0 Å². The monoisotopic (exact) mass is 649 g/mol. The maximum atomic E-state index is 13.1. The van der Waals surface area contributed by atoms with Crippen LogP contribution in [0, 0.1) is 6.92 Å². The molecule has 3 aromatic rings. The van der Waals surface area contributed by atoms with E-state index in [1.165, 1.54) is 30.0 Å². The predicted molar refractivity (Wildman–Crippen MR) is 161 cm³/mol. The zero-order valence-corrected chi connectivity index (χ0v) is 26.3. The number of methoxy groups -OCH3 is 1. The van der Waals surface area contributed by atoms with E-state index < -0.39 is 35.9 Å². The number of carbonyl (C=O) groups is 2. The topological polar surface area (TPSA) is 125 Å². The number of nitrogens with zero attached hydrogens (tertiary/aromatic N) is 3. The molecule has 1 atom stereocenters. The van der Waals surface area contributed by atoms with E-state index in [-0.39, 0.29) is 43.6 Å². The Bertz CT molecular complexity index is 1490. The van der Waals surface area contributed by atoms with Crippen molar-refractivity contribution < 1.29 is 46.4 Å². The summed E-state index contributed by atoms with van der Waals surface area (Å²) in [5.74, 6) is 0.0489. The fourth-order valence-corrected chi connectivity index (χ4v) is 4.58. The Morgan fingerprint density at radius 1 is 1.11 bits per heavy atom. The molecule has 3 amide bonds. The molecule has 1 unspecified atom stereocenters. The highest BCUT2D eigenvalue weighted by atomic mass is 19.4. The van der Waals surface area contributed by atoms with Gasteiger partial charge in [0, 0.05) is 25.8 Å². The van der Waals surface area contributed by atoms with Crippen LogP contribution >= 0.6 is 0 Å². The Morgan fingerprint density at radius 3 is 2.52 bits per heavy atom. The van der Waals surface area contributed by atoms with Crippen LogP contribution in [0.15, 0.2) is 48.5 Å². The van der Waals surface area contributed by atoms with Gasteiger partial charge < -0.3 is 33.9 Å². The molecule has 0 saturated carbocycles. The number of rotatable bonds is 10. The summed E-state index contributed by atoms with van der Waals surface area (Å²) in [4.78, 5) is 27.2. The molecular formula is C31H38F3N5O7. The van der Waals surface area contributed by atoms with Gasteiger partial charge in [-0.2, -0.15) is 0 Å². The van der Waals surface area contributed by atoms with Gasteiger partial charge in [0.1, 0.15) is 29.9 Å². The van der Waals surface area contributed by atoms with Gasteiger partial charge in [0.2, 0.25) is 5.88 Å². The number of carbonyl (C=O) groups excluding carboxylic acids is 2. The summed E-state index contributed by atoms with van der Waals surface area (Å²) in [6, 6.07) is 12.4. The third-order valence-electron chi connectivity index (χ3n) is 6.61. The molecule has 46 heavy (non-hydrogen) atoms. The Hall–Kier alpha value is -4.50. The third kappa shape index (κ3) is 9.75. The normalized spacial score (nSPS) is 15.3. The molecular weight excluding hydrogens is 611 g/mol. The lowest BCUT2D eigenvalue weighted by molar-refractivity contribution is -0.274. The molecule has 12 nitrogen and oxygen atoms in total. The minimum atomic E-state index is -4.91. The van der Waals surface area contributed by atoms with Crippen molar-refractivity contribution >= 4 is 17.9 Å². The van der Waals surface area contributed by atoms with Crippen LogP contribution in [0.3, 0.4) is 0 Å². The van der Waals surface area contributed by atoms with Crippen molar-refractivity contribution in [2.24, 2.45) is 0 Å². The first kappa shape index (κ1) is 34.4. The van der Waals surface area contributed by atoms with Crippen molar-refractivity contribution in [3.63, 3.8) is 0 Å². The van der Waals surface area contributed by atoms with E-state index in [0.717, 1.165) is 0 Å². The molecule has 1 aromatic heterocycles. The molecule has 0 bridgehead atoms. The summed E-state index contributed by atoms with van der Waals surface area (Å²) in [6.45, 7) is 7.99. The van der Waals surface area contributed by atoms with Gasteiger partial charge >= 0.3 is 18.5 Å². The van der Waals surface area contributed by atoms with E-state index in [1.54, 1.807) is 56.9 Å². The minimum Gasteiger partial charge on any atom is -0.474 e. The van der Waals surface area contributed by atoms with E-state index in [2.05, 4.69) is 20.5 Å². The lowest BCUT2D eigenvalue weighted by atomic mass is 10.1. The van der Waals surface area contributed by atoms with Crippen LogP contribution in [-0.4, -0.2) is 78.3 Å². The largest absolute Gasteiger partial charge is 0.573 e. The maximum Gasteiger partial charge on any atom is 0.573 e. The second-order valence-corrected chi connectivity index (χ2v) is 11.5. The third-order valence-corrected chi connectivity index (χ3v) is 6.61. The van der Waals surface area contributed by atoms with Gasteiger partial charge in [-0.25, -0.2) is 14.3 Å². The molecule has 2 N–H and O–H groups in total. The number of hydrogen-bond acceptors (Lipinski definition) is 8. The number of amides is 3. The van der Waals surface area contributed by atoms with Crippen LogP contribution in [0.2, 0.25) is 0 Å². The molecule has 0 aliphatic carbocycles. The fraction of sp³-hybridized carbons (Fsp3) is 0.452. The molecule has 15 heteroatoms. The number of para-hydroxylation sites is 1. The number of morpholine rings is 1. The Kier molecular flexibility index (Phi) is 11.0. The van der Waals surface area contributed by atoms with Crippen molar-refractivity contribution in [2.75, 3.05) is 38.7 Å². The van der Waals surface area contributed by atoms with Gasteiger partial charge in [0.05, 0.1) is 31.0 Å². The van der Waals surface area contributed by atoms with E-state index in [4.69, 9.17) is 18.9 Å². The average molecular weight is 650 g/mol. The van der Waals surface area contributed by atoms with Crippen molar-refractivity contribution in [1.82, 2.24) is 20.0 Å². The van der Waals surface area contributed by atoms with Crippen molar-refractivity contribution in [2.45, 2.75) is 58.9 Å². The second kappa shape index (κ2) is 14.7. The number of aromatic nitrogens is 2. The Labute approximate surface area is 264 Å². The summed E-state index contributed by atoms with van der Waals surface area (Å²) in [7, 11) is 1.46. The van der Waals surface area contributed by atoms with Gasteiger partial charge in [-0.3, -0.25) is 5.32 Å². The number of benzene rings is 2. The van der Waals surface area contributed by atoms with Crippen LogP contribution in [0.1, 0.15) is 37.5 Å². The molecule has 0 spiro atoms. The van der Waals surface area contributed by atoms with Crippen LogP contribution in [0.4, 0.5) is 28.6 Å². The number of anilines is 1. The van der Waals surface area contributed by atoms with Gasteiger partial charge in [-0.05, 0) is 57.5 Å². The second-order valence-electron chi connectivity index (χ2n) is 11.5. The number of urea groups is 1. The highest BCUT2D eigenvalue weighted by Gasteiger charge is 2.32. The standard InChI is InChI=1S/C31H38F3N5O7/c1-20-26(36-28(40)35-16-22-15-21(18-42-5)11-12-25(22)45-31(32,33)34)39(23-9-7-6-8-10-23)37-27(20)44-19-24-17-38(13-14-43-24)29(41)46-30(2,3)4/h6-12,15,24H,13-14,16-19H2,1-5H3,(H2,35,36,40). The predicted octanol–water partition coefficient (Wildman–Crippen LogP) is 5.56. The SMILES string of the molecule is COCc1ccc(OC(F)(F)F)c(CNC(=O)Nc2c(C)c(OCC3CN(C(=O)OC(C)(C)C)CCO3)nn2-c2ccccc2)c1. The molecule has 250 valence electrons. The molecule has 4 rings (SSSR count). The first-order valence-electron chi connectivity index (χ1n) is 14.5. The number of hydrogen-bond donors (Lipinski definition) is 2. The highest BCUT2D eigenvalue weighted by Crippen LogP contribution is 2.30. The molecule has 1 fully saturated rings. The van der Waals surface area contributed by atoms with E-state index >= 15 is 0 Å². The maximum absolute atomic E-state index is 13.1. The zero-order chi connectivity index (χ0) is 33.5. The lowest BCUT2D eigenvalue weighted by Gasteiger charge is -2.34. The number of halogens is 3. The van der Waals surface area contributed by atoms with Crippen molar-refractivity contribution in [3.8, 4) is 17.3 Å². The molecule has 0 radical (unpaired) electrons. The summed E-state index contributed by atoms with van der Waals surface area (Å²) in [5, 5.41) is 9.88. The minimum absolute atomic E-state index is 0.0668. The first-order valence-corrected chi connectivity index (χ1v) is 14.5. The zero-order valence-electron chi connectivity index (χ0n) is 26.3. The van der Waals surface area contributed by atoms with Crippen LogP contribution in [-0.2, 0) is 27.4 Å². The van der Waals surface area contributed by atoms with Gasteiger partial charge in [-0.1, -0.05) is 24.3 Å². The van der Waals surface area contributed by atoms with Gasteiger partial charge in [0.15, 0.2) is 0 Å². The summed E-state index contributed by atoms with van der Waals surface area (Å²) in [5.41, 5.74) is 1.18. The molecule has 2 heterocycles. The smallest absolute Gasteiger partial charge is 0.474 e. The lowest BCUT2D eigenvalue weighted by Crippen LogP contribution is -2.49. The fourth-order valence-electron chi connectivity index (χ4n) is 4.58. The van der Waals surface area contributed by atoms with Crippen LogP contribution in [0.5, 0.6) is 11.6 Å². The van der Waals surface area contributed by atoms with E-state index in [9.17, 15) is 22.8 Å². The molecule has 1 aliphatic rings. The highest BCUT2D eigenvalue weighted by molar-refractivity contribution is 5.89. The Morgan fingerprint density at radius 2 is 1.85 bits per heavy atom. The molecule has 1 aliphatic heterocycles. The van der Waals surface area contributed by atoms with Crippen molar-refractivity contribution in [3.05, 3.63) is 65.2 Å². The van der Waals surface area contributed by atoms with Crippen LogP contribution < -0.4 is 20.1 Å². The number of ether oxygens (including phenoxy) is 5. The quantitative estimate of drug-likeness (QED) is 0.293. The number of alkyl halides is 3. The molecule has 1 saturated heterocycles. The van der Waals surface area contributed by atoms with Crippen LogP contribution in [0.25, 0.3) is 5.69 Å². The summed E-state index contributed by atoms with van der Waals surface area (Å²) in [6.07, 6.45) is -5.80.